The van der Waals surface area contributed by atoms with Gasteiger partial charge in [0.2, 0.25) is 0 Å². The van der Waals surface area contributed by atoms with Gasteiger partial charge in [-0.05, 0) is 19.8 Å². The van der Waals surface area contributed by atoms with E-state index in [2.05, 4.69) is 6.92 Å². The lowest BCUT2D eigenvalue weighted by molar-refractivity contribution is -0.00171. The van der Waals surface area contributed by atoms with Gasteiger partial charge in [0.05, 0.1) is 11.7 Å². The molecule has 0 saturated heterocycles. The molecule has 0 aromatic carbocycles. The molecule has 0 heterocycles. The Kier molecular flexibility index (Phi) is 5.51. The van der Waals surface area contributed by atoms with Crippen molar-refractivity contribution in [3.63, 3.8) is 0 Å². The molecule has 0 radical (unpaired) electrons. The van der Waals surface area contributed by atoms with Crippen molar-refractivity contribution >= 4 is 0 Å². The van der Waals surface area contributed by atoms with E-state index in [9.17, 15) is 10.2 Å². The summed E-state index contributed by atoms with van der Waals surface area (Å²) in [4.78, 5) is 0. The number of aliphatic hydroxyl groups excluding tert-OH is 1. The molecule has 0 amide bonds. The van der Waals surface area contributed by atoms with Crippen LogP contribution in [0.4, 0.5) is 0 Å². The Morgan fingerprint density at radius 3 is 2.33 bits per heavy atom. The molecular formula is C10H22O2. The monoisotopic (exact) mass is 174 g/mol. The summed E-state index contributed by atoms with van der Waals surface area (Å²) in [7, 11) is 0. The van der Waals surface area contributed by atoms with E-state index in [4.69, 9.17) is 0 Å². The van der Waals surface area contributed by atoms with Gasteiger partial charge < -0.3 is 10.2 Å². The van der Waals surface area contributed by atoms with Crippen LogP contribution in [-0.2, 0) is 0 Å². The van der Waals surface area contributed by atoms with Crippen LogP contribution in [0.1, 0.15) is 52.9 Å². The van der Waals surface area contributed by atoms with E-state index in [0.29, 0.717) is 12.8 Å². The molecule has 0 aliphatic carbocycles. The molecule has 2 atom stereocenters. The molecular weight excluding hydrogens is 152 g/mol. The summed E-state index contributed by atoms with van der Waals surface area (Å²) < 4.78 is 0. The van der Waals surface area contributed by atoms with Gasteiger partial charge in [-0.15, -0.1) is 0 Å². The predicted molar refractivity (Wildman–Crippen MR) is 51.1 cm³/mol. The zero-order chi connectivity index (χ0) is 9.61. The summed E-state index contributed by atoms with van der Waals surface area (Å²) in [5.41, 5.74) is -0.687. The van der Waals surface area contributed by atoms with Gasteiger partial charge in [0, 0.05) is 6.42 Å². The standard InChI is InChI=1S/C10H22O2/c1-4-6-7-9(11)8-10(3,12)5-2/h9,11-12H,4-8H2,1-3H3. The zero-order valence-electron chi connectivity index (χ0n) is 8.51. The summed E-state index contributed by atoms with van der Waals surface area (Å²) in [5.74, 6) is 0. The first kappa shape index (κ1) is 11.9. The Hall–Kier alpha value is -0.0800. The quantitative estimate of drug-likeness (QED) is 0.647. The van der Waals surface area contributed by atoms with Gasteiger partial charge in [0.1, 0.15) is 0 Å². The highest BCUT2D eigenvalue weighted by atomic mass is 16.3. The average molecular weight is 174 g/mol. The first-order valence-corrected chi connectivity index (χ1v) is 4.92. The molecule has 0 aromatic rings. The second-order valence-corrected chi connectivity index (χ2v) is 3.85. The van der Waals surface area contributed by atoms with Crippen LogP contribution in [0.2, 0.25) is 0 Å². The second-order valence-electron chi connectivity index (χ2n) is 3.85. The van der Waals surface area contributed by atoms with E-state index in [-0.39, 0.29) is 6.10 Å². The minimum absolute atomic E-state index is 0.333. The lowest BCUT2D eigenvalue weighted by Gasteiger charge is -2.24. The smallest absolute Gasteiger partial charge is 0.0641 e. The van der Waals surface area contributed by atoms with E-state index in [1.165, 1.54) is 0 Å². The third-order valence-corrected chi connectivity index (χ3v) is 2.33. The fourth-order valence-corrected chi connectivity index (χ4v) is 1.19. The molecule has 74 valence electrons. The second kappa shape index (κ2) is 5.55. The summed E-state index contributed by atoms with van der Waals surface area (Å²) in [6.07, 6.45) is 3.83. The lowest BCUT2D eigenvalue weighted by Crippen LogP contribution is -2.28. The van der Waals surface area contributed by atoms with E-state index in [1.54, 1.807) is 6.92 Å². The maximum Gasteiger partial charge on any atom is 0.0641 e. The Morgan fingerprint density at radius 1 is 1.33 bits per heavy atom. The van der Waals surface area contributed by atoms with Gasteiger partial charge in [-0.25, -0.2) is 0 Å². The minimum Gasteiger partial charge on any atom is -0.393 e. The summed E-state index contributed by atoms with van der Waals surface area (Å²) >= 11 is 0. The molecule has 12 heavy (non-hydrogen) atoms. The molecule has 0 aliphatic heterocycles. The molecule has 2 heteroatoms. The highest BCUT2D eigenvalue weighted by Gasteiger charge is 2.21. The van der Waals surface area contributed by atoms with Crippen LogP contribution in [0.25, 0.3) is 0 Å². The van der Waals surface area contributed by atoms with Crippen molar-refractivity contribution in [2.24, 2.45) is 0 Å². The Bertz CT molecular complexity index is 110. The SMILES string of the molecule is CCCCC(O)CC(C)(O)CC. The third-order valence-electron chi connectivity index (χ3n) is 2.33. The first-order chi connectivity index (χ1) is 5.52. The van der Waals surface area contributed by atoms with Crippen LogP contribution in [-0.4, -0.2) is 21.9 Å². The molecule has 0 aromatic heterocycles. The molecule has 0 saturated carbocycles. The van der Waals surface area contributed by atoms with E-state index >= 15 is 0 Å². The van der Waals surface area contributed by atoms with Gasteiger partial charge in [-0.3, -0.25) is 0 Å². The van der Waals surface area contributed by atoms with Crippen LogP contribution in [0, 0.1) is 0 Å². The summed E-state index contributed by atoms with van der Waals surface area (Å²) in [6, 6.07) is 0. The van der Waals surface area contributed by atoms with Crippen molar-refractivity contribution in [2.45, 2.75) is 64.6 Å². The molecule has 2 N–H and O–H groups in total. The Labute approximate surface area is 75.6 Å². The van der Waals surface area contributed by atoms with Crippen LogP contribution >= 0.6 is 0 Å². The number of hydrogen-bond acceptors (Lipinski definition) is 2. The topological polar surface area (TPSA) is 40.5 Å². The normalized spacial score (nSPS) is 18.8. The molecule has 0 bridgehead atoms. The molecule has 2 nitrogen and oxygen atoms in total. The maximum absolute atomic E-state index is 9.63. The molecule has 0 fully saturated rings. The summed E-state index contributed by atoms with van der Waals surface area (Å²) in [6.45, 7) is 5.82. The number of unbranched alkanes of at least 4 members (excludes halogenated alkanes) is 1. The number of rotatable bonds is 6. The average Bonchev–Trinajstić information content (AvgIpc) is 2.00. The Balaban J connectivity index is 3.60. The number of aliphatic hydroxyl groups is 2. The lowest BCUT2D eigenvalue weighted by atomic mass is 9.93. The van der Waals surface area contributed by atoms with Crippen LogP contribution in [0.15, 0.2) is 0 Å². The fourth-order valence-electron chi connectivity index (χ4n) is 1.19. The van der Waals surface area contributed by atoms with Gasteiger partial charge in [-0.1, -0.05) is 26.7 Å². The van der Waals surface area contributed by atoms with Crippen LogP contribution < -0.4 is 0 Å². The van der Waals surface area contributed by atoms with E-state index in [1.807, 2.05) is 6.92 Å². The van der Waals surface area contributed by atoms with Crippen molar-refractivity contribution < 1.29 is 10.2 Å². The maximum atomic E-state index is 9.63. The first-order valence-electron chi connectivity index (χ1n) is 4.92. The number of hydrogen-bond donors (Lipinski definition) is 2. The van der Waals surface area contributed by atoms with Crippen molar-refractivity contribution in [1.29, 1.82) is 0 Å². The van der Waals surface area contributed by atoms with E-state index in [0.717, 1.165) is 19.3 Å². The fraction of sp³-hybridized carbons (Fsp3) is 1.00. The summed E-state index contributed by atoms with van der Waals surface area (Å²) in [5, 5.41) is 19.1. The molecule has 0 spiro atoms. The minimum atomic E-state index is -0.687. The predicted octanol–water partition coefficient (Wildman–Crippen LogP) is 2.09. The van der Waals surface area contributed by atoms with Crippen LogP contribution in [0.5, 0.6) is 0 Å². The van der Waals surface area contributed by atoms with Gasteiger partial charge in [-0.2, -0.15) is 0 Å². The van der Waals surface area contributed by atoms with Crippen molar-refractivity contribution in [3.8, 4) is 0 Å². The third kappa shape index (κ3) is 5.56. The highest BCUT2D eigenvalue weighted by molar-refractivity contribution is 4.74. The molecule has 0 rings (SSSR count). The van der Waals surface area contributed by atoms with Crippen LogP contribution in [0.3, 0.4) is 0 Å². The van der Waals surface area contributed by atoms with Gasteiger partial charge >= 0.3 is 0 Å². The molecule has 2 unspecified atom stereocenters. The van der Waals surface area contributed by atoms with Crippen molar-refractivity contribution in [1.82, 2.24) is 0 Å². The van der Waals surface area contributed by atoms with Crippen molar-refractivity contribution in [3.05, 3.63) is 0 Å². The van der Waals surface area contributed by atoms with Gasteiger partial charge in [0.25, 0.3) is 0 Å². The van der Waals surface area contributed by atoms with Gasteiger partial charge in [0.15, 0.2) is 0 Å². The molecule has 0 aliphatic rings. The Morgan fingerprint density at radius 2 is 1.92 bits per heavy atom. The van der Waals surface area contributed by atoms with Crippen molar-refractivity contribution in [2.75, 3.05) is 0 Å². The van der Waals surface area contributed by atoms with E-state index < -0.39 is 5.60 Å². The zero-order valence-corrected chi connectivity index (χ0v) is 8.51. The highest BCUT2D eigenvalue weighted by Crippen LogP contribution is 2.18. The largest absolute Gasteiger partial charge is 0.393 e.